The summed E-state index contributed by atoms with van der Waals surface area (Å²) in [5.74, 6) is 2.77. The minimum absolute atomic E-state index is 0.0837. The van der Waals surface area contributed by atoms with E-state index in [1.54, 1.807) is 6.21 Å². The monoisotopic (exact) mass is 529 g/mol. The number of benzene rings is 2. The zero-order chi connectivity index (χ0) is 22.5. The molecule has 166 valence electrons. The fraction of sp³-hybridized carbons (Fsp3) is 0.250. The average Bonchev–Trinajstić information content (AvgIpc) is 3.42. The minimum atomic E-state index is -0.299. The summed E-state index contributed by atoms with van der Waals surface area (Å²) in [6.07, 6.45) is 1.67. The van der Waals surface area contributed by atoms with E-state index in [4.69, 9.17) is 4.74 Å². The van der Waals surface area contributed by atoms with Crippen molar-refractivity contribution in [2.45, 2.75) is 18.4 Å². The predicted octanol–water partition coefficient (Wildman–Crippen LogP) is 5.86. The van der Waals surface area contributed by atoms with Gasteiger partial charge in [-0.05, 0) is 65.7 Å². The highest BCUT2D eigenvalue weighted by molar-refractivity contribution is 9.10. The van der Waals surface area contributed by atoms with Crippen LogP contribution in [0.1, 0.15) is 27.1 Å². The summed E-state index contributed by atoms with van der Waals surface area (Å²) in [7, 11) is 0. The highest BCUT2D eigenvalue weighted by atomic mass is 79.9. The number of amides is 1. The topological polar surface area (TPSA) is 55.6 Å². The predicted molar refractivity (Wildman–Crippen MR) is 138 cm³/mol. The summed E-state index contributed by atoms with van der Waals surface area (Å²) in [6.45, 7) is 4.00. The molecule has 1 aliphatic rings. The van der Waals surface area contributed by atoms with Gasteiger partial charge in [0.2, 0.25) is 0 Å². The van der Waals surface area contributed by atoms with Gasteiger partial charge in [-0.3, -0.25) is 4.79 Å². The largest absolute Gasteiger partial charge is 0.484 e. The van der Waals surface area contributed by atoms with E-state index in [0.717, 1.165) is 27.1 Å². The van der Waals surface area contributed by atoms with Crippen LogP contribution in [0.5, 0.6) is 5.75 Å². The molecule has 32 heavy (non-hydrogen) atoms. The summed E-state index contributed by atoms with van der Waals surface area (Å²) in [6, 6.07) is 18.1. The number of aryl methyl sites for hydroxylation is 1. The number of hydrogen-bond acceptors (Lipinski definition) is 5. The lowest BCUT2D eigenvalue weighted by atomic mass is 10.2. The van der Waals surface area contributed by atoms with E-state index >= 15 is 0 Å². The van der Waals surface area contributed by atoms with Crippen LogP contribution in [0.2, 0.25) is 0 Å². The lowest BCUT2D eigenvalue weighted by molar-refractivity contribution is -0.123. The van der Waals surface area contributed by atoms with Gasteiger partial charge in [-0.15, -0.1) is 23.5 Å². The Kier molecular flexibility index (Phi) is 7.65. The van der Waals surface area contributed by atoms with Gasteiger partial charge in [0.05, 0.1) is 16.5 Å². The van der Waals surface area contributed by atoms with E-state index in [9.17, 15) is 4.79 Å². The quantitative estimate of drug-likeness (QED) is 0.307. The van der Waals surface area contributed by atoms with Crippen LogP contribution in [-0.2, 0) is 4.79 Å². The molecule has 0 saturated carbocycles. The normalized spacial score (nSPS) is 14.2. The first-order valence-electron chi connectivity index (χ1n) is 10.2. The van der Waals surface area contributed by atoms with Crippen LogP contribution in [0.3, 0.4) is 0 Å². The first-order chi connectivity index (χ1) is 15.5. The number of carbonyl (C=O) groups excluding carboxylic acids is 1. The molecule has 4 rings (SSSR count). The summed E-state index contributed by atoms with van der Waals surface area (Å²) in [5.41, 5.74) is 7.97. The van der Waals surface area contributed by atoms with Crippen LogP contribution in [0.4, 0.5) is 0 Å². The van der Waals surface area contributed by atoms with E-state index < -0.39 is 0 Å². The first kappa shape index (κ1) is 23.0. The number of hydrogen-bond donors (Lipinski definition) is 1. The van der Waals surface area contributed by atoms with Crippen LogP contribution in [0, 0.1) is 13.8 Å². The second-order valence-electron chi connectivity index (χ2n) is 7.34. The third kappa shape index (κ3) is 5.42. The van der Waals surface area contributed by atoms with Crippen LogP contribution in [0.25, 0.3) is 5.69 Å². The van der Waals surface area contributed by atoms with Crippen molar-refractivity contribution in [3.8, 4) is 11.4 Å². The van der Waals surface area contributed by atoms with Crippen molar-refractivity contribution in [3.05, 3.63) is 81.6 Å². The van der Waals surface area contributed by atoms with Crippen LogP contribution in [-0.4, -0.2) is 34.8 Å². The number of thioether (sulfide) groups is 2. The standard InChI is InChI=1S/C24H24BrN3O2S2/c1-16-13-19(17(2)28(16)22-6-4-3-5-21(22)25)14-26-27-23(29)15-30-20-9-7-18(8-10-20)24-31-11-12-32-24/h3-10,13-14,24H,11-12,15H2,1-2H3,(H,27,29)/b26-14-. The maximum Gasteiger partial charge on any atom is 0.277 e. The number of rotatable bonds is 7. The van der Waals surface area contributed by atoms with E-state index in [1.165, 1.54) is 17.1 Å². The van der Waals surface area contributed by atoms with Crippen molar-refractivity contribution in [1.29, 1.82) is 0 Å². The van der Waals surface area contributed by atoms with E-state index in [2.05, 4.69) is 49.2 Å². The van der Waals surface area contributed by atoms with E-state index in [0.29, 0.717) is 10.3 Å². The average molecular weight is 531 g/mol. The molecular formula is C24H24BrN3O2S2. The molecule has 3 aromatic rings. The SMILES string of the molecule is Cc1cc(/C=N\NC(=O)COc2ccc(C3SCCS3)cc2)c(C)n1-c1ccccc1Br. The Labute approximate surface area is 205 Å². The number of nitrogens with one attached hydrogen (secondary N) is 1. The number of carbonyl (C=O) groups is 1. The first-order valence-corrected chi connectivity index (χ1v) is 13.1. The molecule has 2 aromatic carbocycles. The van der Waals surface area contributed by atoms with Gasteiger partial charge in [-0.2, -0.15) is 5.10 Å². The van der Waals surface area contributed by atoms with Gasteiger partial charge >= 0.3 is 0 Å². The van der Waals surface area contributed by atoms with Gasteiger partial charge in [0, 0.05) is 32.9 Å². The molecule has 0 radical (unpaired) electrons. The van der Waals surface area contributed by atoms with Crippen LogP contribution in [0.15, 0.2) is 64.2 Å². The molecular weight excluding hydrogens is 506 g/mol. The fourth-order valence-corrected chi connectivity index (χ4v) is 6.87. The second-order valence-corrected chi connectivity index (χ2v) is 10.9. The molecule has 1 N–H and O–H groups in total. The summed E-state index contributed by atoms with van der Waals surface area (Å²) in [4.78, 5) is 12.1. The molecule has 8 heteroatoms. The highest BCUT2D eigenvalue weighted by Gasteiger charge is 2.18. The van der Waals surface area contributed by atoms with E-state index in [1.807, 2.05) is 73.8 Å². The number of ether oxygens (including phenoxy) is 1. The Morgan fingerprint density at radius 1 is 1.19 bits per heavy atom. The smallest absolute Gasteiger partial charge is 0.277 e. The molecule has 0 bridgehead atoms. The third-order valence-corrected chi connectivity index (χ3v) is 8.88. The molecule has 0 aliphatic carbocycles. The van der Waals surface area contributed by atoms with Crippen LogP contribution < -0.4 is 10.2 Å². The van der Waals surface area contributed by atoms with Crippen molar-refractivity contribution in [3.63, 3.8) is 0 Å². The Hall–Kier alpha value is -2.16. The molecule has 1 fully saturated rings. The Balaban J connectivity index is 1.32. The lowest BCUT2D eigenvalue weighted by Gasteiger charge is -2.11. The van der Waals surface area contributed by atoms with Gasteiger partial charge in [-0.1, -0.05) is 24.3 Å². The third-order valence-electron chi connectivity index (χ3n) is 5.10. The maximum absolute atomic E-state index is 12.1. The maximum atomic E-state index is 12.1. The van der Waals surface area contributed by atoms with Crippen molar-refractivity contribution in [2.24, 2.45) is 5.10 Å². The van der Waals surface area contributed by atoms with Crippen molar-refractivity contribution in [2.75, 3.05) is 18.1 Å². The Bertz CT molecular complexity index is 1120. The summed E-state index contributed by atoms with van der Waals surface area (Å²) < 4.78 is 9.28. The molecule has 0 spiro atoms. The van der Waals surface area contributed by atoms with Gasteiger partial charge in [-0.25, -0.2) is 5.43 Å². The molecule has 1 aliphatic heterocycles. The van der Waals surface area contributed by atoms with E-state index in [-0.39, 0.29) is 12.5 Å². The van der Waals surface area contributed by atoms with Crippen molar-refractivity contribution >= 4 is 51.6 Å². The summed E-state index contributed by atoms with van der Waals surface area (Å²) >= 11 is 7.55. The van der Waals surface area contributed by atoms with Crippen molar-refractivity contribution in [1.82, 2.24) is 9.99 Å². The molecule has 1 amide bonds. The number of nitrogens with zero attached hydrogens (tertiary/aromatic N) is 2. The number of para-hydroxylation sites is 1. The van der Waals surface area contributed by atoms with Gasteiger partial charge < -0.3 is 9.30 Å². The molecule has 1 saturated heterocycles. The molecule has 0 atom stereocenters. The summed E-state index contributed by atoms with van der Waals surface area (Å²) in [5, 5.41) is 4.12. The van der Waals surface area contributed by atoms with Crippen LogP contribution >= 0.6 is 39.5 Å². The number of hydrazone groups is 1. The number of aromatic nitrogens is 1. The van der Waals surface area contributed by atoms with Gasteiger partial charge in [0.15, 0.2) is 6.61 Å². The molecule has 1 aromatic heterocycles. The number of halogens is 1. The fourth-order valence-electron chi connectivity index (χ4n) is 3.55. The van der Waals surface area contributed by atoms with Gasteiger partial charge in [0.25, 0.3) is 5.91 Å². The molecule has 2 heterocycles. The zero-order valence-electron chi connectivity index (χ0n) is 17.9. The Morgan fingerprint density at radius 3 is 2.62 bits per heavy atom. The molecule has 0 unspecified atom stereocenters. The molecule has 5 nitrogen and oxygen atoms in total. The second kappa shape index (κ2) is 10.6. The highest BCUT2D eigenvalue weighted by Crippen LogP contribution is 2.45. The lowest BCUT2D eigenvalue weighted by Crippen LogP contribution is -2.24. The minimum Gasteiger partial charge on any atom is -0.484 e. The van der Waals surface area contributed by atoms with Gasteiger partial charge in [0.1, 0.15) is 5.75 Å². The van der Waals surface area contributed by atoms with Crippen molar-refractivity contribution < 1.29 is 9.53 Å². The Morgan fingerprint density at radius 2 is 1.91 bits per heavy atom. The zero-order valence-corrected chi connectivity index (χ0v) is 21.1.